The van der Waals surface area contributed by atoms with E-state index in [0.29, 0.717) is 25.7 Å². The van der Waals surface area contributed by atoms with Gasteiger partial charge >= 0.3 is 12.1 Å². The number of likely N-dealkylation sites (tertiary alicyclic amines) is 2. The number of carboxylic acids is 1. The minimum atomic E-state index is -4.70. The maximum absolute atomic E-state index is 15.9. The number of aliphatic carboxylic acids is 1. The zero-order chi connectivity index (χ0) is 74.0. The van der Waals surface area contributed by atoms with Gasteiger partial charge in [-0.05, 0) is 107 Å². The Bertz CT molecular complexity index is 3190. The third kappa shape index (κ3) is 17.6. The first-order chi connectivity index (χ1) is 47.1. The molecule has 6 fully saturated rings. The molecule has 1 aromatic carbocycles. The Labute approximate surface area is 584 Å². The topological polar surface area (TPSA) is 319 Å². The summed E-state index contributed by atoms with van der Waals surface area (Å²) in [6.07, 6.45) is -0.564. The molecule has 29 heteroatoms. The van der Waals surface area contributed by atoms with Crippen molar-refractivity contribution in [2.45, 2.75) is 218 Å². The van der Waals surface area contributed by atoms with Crippen LogP contribution < -0.4 is 11.1 Å². The Kier molecular flexibility index (Phi) is 26.9. The van der Waals surface area contributed by atoms with E-state index in [1.165, 1.54) is 86.6 Å². The lowest BCUT2D eigenvalue weighted by Crippen LogP contribution is -2.65. The van der Waals surface area contributed by atoms with Crippen LogP contribution in [0.3, 0.4) is 0 Å². The molecule has 3 heterocycles. The molecule has 3 saturated heterocycles. The highest BCUT2D eigenvalue weighted by atomic mass is 19.4. The lowest BCUT2D eigenvalue weighted by atomic mass is 9.76. The van der Waals surface area contributed by atoms with Gasteiger partial charge in [-0.2, -0.15) is 13.2 Å². The Morgan fingerprint density at radius 1 is 0.720 bits per heavy atom. The zero-order valence-electron chi connectivity index (χ0n) is 60.2. The third-order valence-electron chi connectivity index (χ3n) is 22.1. The zero-order valence-corrected chi connectivity index (χ0v) is 60.2. The average Bonchev–Trinajstić information content (AvgIpc) is 1.50. The highest BCUT2D eigenvalue weighted by Gasteiger charge is 2.79. The van der Waals surface area contributed by atoms with Gasteiger partial charge in [-0.1, -0.05) is 78.9 Å². The van der Waals surface area contributed by atoms with Crippen LogP contribution in [0.4, 0.5) is 13.2 Å². The molecule has 26 nitrogen and oxygen atoms in total. The van der Waals surface area contributed by atoms with Gasteiger partial charge in [0.2, 0.25) is 65.0 Å². The number of hydrogen-bond donors (Lipinski definition) is 3. The summed E-state index contributed by atoms with van der Waals surface area (Å²) in [5.74, 6) is -10.2. The minimum Gasteiger partial charge on any atom is -0.481 e. The number of benzene rings is 1. The number of alkyl halides is 3. The van der Waals surface area contributed by atoms with E-state index in [0.717, 1.165) is 36.3 Å². The fraction of sp³-hybridized carbons (Fsp3) is 0.732. The van der Waals surface area contributed by atoms with E-state index in [9.17, 15) is 56.6 Å². The Balaban J connectivity index is 1.13. The molecular weight excluding hydrogens is 1300 g/mol. The predicted molar refractivity (Wildman–Crippen MR) is 359 cm³/mol. The molecular formula is C71H106F3N11O15. The van der Waals surface area contributed by atoms with Crippen molar-refractivity contribution < 1.29 is 85.3 Å². The maximum atomic E-state index is 15.9. The standard InChI is InChI=1S/C71H106F3N11O15/c1-12-31-83(66(97)50-27-33-84(50)62(93)45(6)78(8)55(87)39-44(5)13-2)53(40-46-21-23-48(24-22-46)71(72,73)74)64(95)77(7)42-54(86)76-49(25-26-57(89)90)63(94)85-32-18-30-70(85)59(60(70)91)69(28-16-17-29-69)68(99)81(11)58(47-19-14-15-20-47)67(98)80(10)52(65(96)82-34-36-100-37-35-82)41-56(88)79(9)51(61(75)92)38-43(3)4/h21-24,43-45,47,49-53,58-59H,12-20,25-42H2,1-11H3,(H2,75,92)(H,76,86)(H,89,90)/t44-,45-,49-,50-,51-,52-,53-,58-,59?,70-/m0/s1. The van der Waals surface area contributed by atoms with Gasteiger partial charge < -0.3 is 65.0 Å². The van der Waals surface area contributed by atoms with E-state index in [1.54, 1.807) is 13.8 Å². The number of amides is 11. The molecule has 1 aromatic rings. The van der Waals surface area contributed by atoms with Crippen LogP contribution in [0.1, 0.15) is 168 Å². The van der Waals surface area contributed by atoms with Crippen molar-refractivity contribution in [3.05, 3.63) is 35.4 Å². The molecule has 10 atom stereocenters. The first-order valence-corrected chi connectivity index (χ1v) is 35.7. The van der Waals surface area contributed by atoms with Crippen LogP contribution in [0.5, 0.6) is 0 Å². The van der Waals surface area contributed by atoms with E-state index < -0.39 is 173 Å². The number of primary amides is 1. The summed E-state index contributed by atoms with van der Waals surface area (Å²) in [6, 6.07) is -4.63. The first-order valence-electron chi connectivity index (χ1n) is 35.7. The Morgan fingerprint density at radius 3 is 1.89 bits per heavy atom. The fourth-order valence-electron chi connectivity index (χ4n) is 15.8. The molecule has 100 heavy (non-hydrogen) atoms. The largest absolute Gasteiger partial charge is 0.481 e. The molecule has 1 spiro atoms. The number of nitrogens with zero attached hydrogens (tertiary/aromatic N) is 9. The molecule has 556 valence electrons. The second-order valence-corrected chi connectivity index (χ2v) is 29.2. The van der Waals surface area contributed by atoms with E-state index in [1.807, 2.05) is 27.7 Å². The van der Waals surface area contributed by atoms with Crippen molar-refractivity contribution in [1.82, 2.24) is 49.4 Å². The molecule has 7 rings (SSSR count). The number of carbonyl (C=O) groups is 13. The molecule has 4 N–H and O–H groups in total. The molecule has 3 saturated carbocycles. The molecule has 3 aliphatic carbocycles. The number of ketones is 1. The van der Waals surface area contributed by atoms with Crippen molar-refractivity contribution >= 4 is 76.7 Å². The second-order valence-electron chi connectivity index (χ2n) is 29.2. The number of halogens is 3. The molecule has 1 unspecified atom stereocenters. The summed E-state index contributed by atoms with van der Waals surface area (Å²) in [5, 5.41) is 12.6. The SMILES string of the molecule is CCCN(C(=O)[C@@H]1CCN1C(=O)[C@H](C)N(C)C(=O)C[C@@H](C)CC)[C@@H](Cc1ccc(C(F)(F)F)cc1)C(=O)N(C)CC(=O)N[C@@H](CCC(=O)O)C(=O)N1CCC[C@]12C(=O)C2C1(C(=O)N(C)[C@H](C(=O)N(C)[C@@H](CC(=O)N(C)[C@@H](CC(C)C)C(N)=O)C(=O)N2CCOCC2)C2CCCC2)CCCC1. The van der Waals surface area contributed by atoms with Crippen LogP contribution in [0, 0.1) is 29.1 Å². The van der Waals surface area contributed by atoms with Gasteiger partial charge in [0, 0.05) is 87.2 Å². The number of carbonyl (C=O) groups excluding carboxylic acids is 12. The molecule has 11 amide bonds. The number of Topliss-reactive ketones (excluding diaryl/α,β-unsaturated/α-hetero) is 1. The quantitative estimate of drug-likeness (QED) is 0.0914. The van der Waals surface area contributed by atoms with Crippen LogP contribution in [0.25, 0.3) is 0 Å². The van der Waals surface area contributed by atoms with Crippen LogP contribution >= 0.6 is 0 Å². The molecule has 0 aromatic heterocycles. The van der Waals surface area contributed by atoms with E-state index in [4.69, 9.17) is 10.5 Å². The van der Waals surface area contributed by atoms with Gasteiger partial charge in [0.05, 0.1) is 43.1 Å². The van der Waals surface area contributed by atoms with E-state index in [-0.39, 0.29) is 127 Å². The van der Waals surface area contributed by atoms with Crippen LogP contribution in [-0.2, 0) is 79.7 Å². The van der Waals surface area contributed by atoms with Gasteiger partial charge in [0.25, 0.3) is 0 Å². The molecule has 3 aliphatic heterocycles. The lowest BCUT2D eigenvalue weighted by molar-refractivity contribution is -0.160. The number of nitrogens with two attached hydrogens (primary N) is 1. The summed E-state index contributed by atoms with van der Waals surface area (Å²) >= 11 is 0. The van der Waals surface area contributed by atoms with Gasteiger partial charge in [0.1, 0.15) is 47.8 Å². The van der Waals surface area contributed by atoms with Crippen molar-refractivity contribution in [3.63, 3.8) is 0 Å². The minimum absolute atomic E-state index is 0.0139. The van der Waals surface area contributed by atoms with Gasteiger partial charge in [0.15, 0.2) is 5.78 Å². The van der Waals surface area contributed by atoms with Crippen molar-refractivity contribution in [1.29, 1.82) is 0 Å². The number of rotatable bonds is 32. The van der Waals surface area contributed by atoms with Gasteiger partial charge in [-0.15, -0.1) is 0 Å². The normalized spacial score (nSPS) is 21.8. The van der Waals surface area contributed by atoms with E-state index >= 15 is 24.0 Å². The van der Waals surface area contributed by atoms with Gasteiger partial charge in [-0.3, -0.25) is 62.3 Å². The molecule has 6 aliphatic rings. The highest BCUT2D eigenvalue weighted by molar-refractivity contribution is 6.15. The molecule has 0 bridgehead atoms. The Morgan fingerprint density at radius 2 is 1.34 bits per heavy atom. The van der Waals surface area contributed by atoms with Crippen LogP contribution in [0.15, 0.2) is 24.3 Å². The Hall–Kier alpha value is -7.72. The van der Waals surface area contributed by atoms with E-state index in [2.05, 4.69) is 5.32 Å². The summed E-state index contributed by atoms with van der Waals surface area (Å²) in [5.41, 5.74) is 2.04. The number of nitrogens with one attached hydrogen (secondary N) is 1. The number of likely N-dealkylation sites (N-methyl/N-ethyl adjacent to an activating group) is 5. The maximum Gasteiger partial charge on any atom is 0.416 e. The van der Waals surface area contributed by atoms with Crippen molar-refractivity contribution in [2.24, 2.45) is 34.8 Å². The fourth-order valence-corrected chi connectivity index (χ4v) is 15.8. The number of ether oxygens (including phenoxy) is 1. The first kappa shape index (κ1) is 79.6. The number of carboxylic acid groups (broad SMARTS) is 1. The summed E-state index contributed by atoms with van der Waals surface area (Å²) < 4.78 is 46.9. The predicted octanol–water partition coefficient (Wildman–Crippen LogP) is 4.12. The summed E-state index contributed by atoms with van der Waals surface area (Å²) in [4.78, 5) is 199. The second kappa shape index (κ2) is 33.8. The summed E-state index contributed by atoms with van der Waals surface area (Å²) in [6.45, 7) is 11.0. The summed E-state index contributed by atoms with van der Waals surface area (Å²) in [7, 11) is 7.12. The third-order valence-corrected chi connectivity index (χ3v) is 22.1. The number of morpholine rings is 1. The van der Waals surface area contributed by atoms with Crippen molar-refractivity contribution in [2.75, 3.05) is 87.7 Å². The van der Waals surface area contributed by atoms with Crippen LogP contribution in [0.2, 0.25) is 0 Å². The smallest absolute Gasteiger partial charge is 0.416 e. The monoisotopic (exact) mass is 1410 g/mol. The highest BCUT2D eigenvalue weighted by Crippen LogP contribution is 2.64. The van der Waals surface area contributed by atoms with Crippen molar-refractivity contribution in [3.8, 4) is 0 Å². The lowest BCUT2D eigenvalue weighted by Gasteiger charge is -2.45. The van der Waals surface area contributed by atoms with Gasteiger partial charge in [-0.25, -0.2) is 0 Å². The van der Waals surface area contributed by atoms with Crippen LogP contribution in [-0.4, -0.2) is 261 Å². The number of hydrogen-bond acceptors (Lipinski definition) is 14. The molecule has 0 radical (unpaired) electrons. The average molecular weight is 1410 g/mol.